The van der Waals surface area contributed by atoms with Crippen LogP contribution in [0, 0.1) is 0 Å². The summed E-state index contributed by atoms with van der Waals surface area (Å²) in [6.07, 6.45) is -34.8. The monoisotopic (exact) mass is 650 g/mol. The van der Waals surface area contributed by atoms with Crippen molar-refractivity contribution in [1.29, 1.82) is 0 Å². The van der Waals surface area contributed by atoms with E-state index in [2.05, 4.69) is 0 Å². The Bertz CT molecular complexity index is 900. The van der Waals surface area contributed by atoms with E-state index in [1.807, 2.05) is 0 Å². The highest BCUT2D eigenvalue weighted by molar-refractivity contribution is 4.98. The van der Waals surface area contributed by atoms with Crippen LogP contribution in [0.3, 0.4) is 0 Å². The highest BCUT2D eigenvalue weighted by Gasteiger charge is 2.56. The Morgan fingerprint density at radius 1 is 0.409 bits per heavy atom. The maximum absolute atomic E-state index is 11.4. The molecule has 13 N–H and O–H groups in total. The molecule has 4 rings (SSSR count). The summed E-state index contributed by atoms with van der Waals surface area (Å²) >= 11 is 0. The second-order valence-electron chi connectivity index (χ2n) is 11.1. The molecule has 0 aromatic heterocycles. The molecule has 20 heteroatoms. The van der Waals surface area contributed by atoms with Crippen LogP contribution >= 0.6 is 0 Å². The maximum Gasteiger partial charge on any atom is 0.187 e. The number of aliphatic hydroxyl groups is 13. The molecule has 0 amide bonds. The molecule has 0 aliphatic carbocycles. The molecule has 258 valence electrons. The Labute approximate surface area is 249 Å². The van der Waals surface area contributed by atoms with Gasteiger partial charge >= 0.3 is 0 Å². The van der Waals surface area contributed by atoms with Crippen LogP contribution in [0.15, 0.2) is 0 Å². The molecular weight excluding hydrogens is 608 g/mol. The molecule has 0 bridgehead atoms. The van der Waals surface area contributed by atoms with E-state index in [9.17, 15) is 66.4 Å². The number of rotatable bonds is 9. The predicted molar refractivity (Wildman–Crippen MR) is 132 cm³/mol. The lowest BCUT2D eigenvalue weighted by Gasteiger charge is -2.50. The molecule has 0 unspecified atom stereocenters. The fourth-order valence-corrected chi connectivity index (χ4v) is 5.47. The van der Waals surface area contributed by atoms with Gasteiger partial charge in [0.05, 0.1) is 25.9 Å². The molecule has 4 saturated heterocycles. The summed E-state index contributed by atoms with van der Waals surface area (Å²) in [6, 6.07) is 0. The van der Waals surface area contributed by atoms with Crippen molar-refractivity contribution in [2.24, 2.45) is 0 Å². The van der Waals surface area contributed by atoms with Gasteiger partial charge in [-0.25, -0.2) is 0 Å². The lowest BCUT2D eigenvalue weighted by Crippen LogP contribution is -2.68. The van der Waals surface area contributed by atoms with Gasteiger partial charge in [0.25, 0.3) is 0 Å². The van der Waals surface area contributed by atoms with E-state index in [0.29, 0.717) is 0 Å². The summed E-state index contributed by atoms with van der Waals surface area (Å²) in [7, 11) is 0. The second-order valence-corrected chi connectivity index (χ2v) is 11.1. The molecule has 20 nitrogen and oxygen atoms in total. The molecule has 4 fully saturated rings. The van der Waals surface area contributed by atoms with Crippen LogP contribution in [0.5, 0.6) is 0 Å². The normalized spacial score (nSPS) is 53.9. The molecule has 0 saturated carbocycles. The summed E-state index contributed by atoms with van der Waals surface area (Å²) in [4.78, 5) is 0. The van der Waals surface area contributed by atoms with E-state index in [0.717, 1.165) is 0 Å². The third-order valence-electron chi connectivity index (χ3n) is 8.17. The van der Waals surface area contributed by atoms with Crippen LogP contribution in [0.4, 0.5) is 0 Å². The first-order valence-electron chi connectivity index (χ1n) is 14.0. The van der Waals surface area contributed by atoms with Crippen molar-refractivity contribution in [1.82, 2.24) is 0 Å². The Hall–Kier alpha value is -0.800. The van der Waals surface area contributed by atoms with Gasteiger partial charge in [-0.1, -0.05) is 0 Å². The average molecular weight is 651 g/mol. The summed E-state index contributed by atoms with van der Waals surface area (Å²) in [5.74, 6) is 0. The van der Waals surface area contributed by atoms with Gasteiger partial charge in [-0.15, -0.1) is 0 Å². The lowest BCUT2D eigenvalue weighted by molar-refractivity contribution is -0.398. The average Bonchev–Trinajstić information content (AvgIpc) is 3.01. The standard InChI is InChI=1S/C24H42O20/c1-5-9(28)12(31)14(33)22(38-5)44-20-17(36)24(43-19-11(30)7(3-26)39-21(37)16(19)35)41-8(4-27)18(20)42-23-15(34)13(32)10(29)6(2-25)40-23/h5-37H,2-4H2,1H3/t5-,6+,7+,8+,9+,10-,11-,12+,13-,14-,15+,16+,17+,18+,19-,20+,21+,22-,23-,24-/m0/s1. The van der Waals surface area contributed by atoms with E-state index in [4.69, 9.17) is 33.2 Å². The molecule has 0 aromatic rings. The van der Waals surface area contributed by atoms with E-state index in [1.54, 1.807) is 0 Å². The van der Waals surface area contributed by atoms with Crippen molar-refractivity contribution in [2.45, 2.75) is 130 Å². The SMILES string of the molecule is C[C@@H]1O[C@@H](O[C@@H]2[C@@H](O)[C@H](O[C@@H]3[C@@H](O)[C@H](O)O[C@H](CO)[C@@H]3O)O[C@H](CO)[C@H]2O[C@@H]2O[C@H](CO)[C@H](O)[C@H](O)[C@H]2O)[C@@H](O)[C@H](O)[C@@H]1O. The van der Waals surface area contributed by atoms with Crippen molar-refractivity contribution < 1.29 is 99.5 Å². The van der Waals surface area contributed by atoms with Crippen molar-refractivity contribution in [3.8, 4) is 0 Å². The van der Waals surface area contributed by atoms with Gasteiger partial charge in [0.1, 0.15) is 91.6 Å². The van der Waals surface area contributed by atoms with Gasteiger partial charge in [-0.05, 0) is 6.92 Å². The van der Waals surface area contributed by atoms with Crippen LogP contribution in [0.1, 0.15) is 6.92 Å². The van der Waals surface area contributed by atoms with Crippen LogP contribution in [-0.4, -0.2) is 209 Å². The second kappa shape index (κ2) is 15.0. The minimum atomic E-state index is -2.05. The van der Waals surface area contributed by atoms with Crippen molar-refractivity contribution in [3.05, 3.63) is 0 Å². The van der Waals surface area contributed by atoms with E-state index in [1.165, 1.54) is 6.92 Å². The number of hydrogen-bond acceptors (Lipinski definition) is 20. The molecular formula is C24H42O20. The molecule has 0 radical (unpaired) electrons. The molecule has 0 spiro atoms. The predicted octanol–water partition coefficient (Wildman–Crippen LogP) is -8.72. The summed E-state index contributed by atoms with van der Waals surface area (Å²) < 4.78 is 38.5. The highest BCUT2D eigenvalue weighted by atomic mass is 16.8. The Balaban J connectivity index is 1.63. The minimum Gasteiger partial charge on any atom is -0.394 e. The minimum absolute atomic E-state index is 0.803. The van der Waals surface area contributed by atoms with Crippen molar-refractivity contribution >= 4 is 0 Å². The summed E-state index contributed by atoms with van der Waals surface area (Å²) in [5, 5.41) is 133. The molecule has 4 heterocycles. The quantitative estimate of drug-likeness (QED) is 0.110. The Morgan fingerprint density at radius 2 is 0.864 bits per heavy atom. The smallest absolute Gasteiger partial charge is 0.187 e. The van der Waals surface area contributed by atoms with Gasteiger partial charge in [-0.2, -0.15) is 0 Å². The maximum atomic E-state index is 11.4. The third kappa shape index (κ3) is 7.05. The van der Waals surface area contributed by atoms with Crippen LogP contribution in [0.25, 0.3) is 0 Å². The van der Waals surface area contributed by atoms with Gasteiger partial charge in [0.15, 0.2) is 25.2 Å². The van der Waals surface area contributed by atoms with E-state index >= 15 is 0 Å². The third-order valence-corrected chi connectivity index (χ3v) is 8.17. The van der Waals surface area contributed by atoms with E-state index < -0.39 is 143 Å². The highest BCUT2D eigenvalue weighted by Crippen LogP contribution is 2.35. The molecule has 44 heavy (non-hydrogen) atoms. The van der Waals surface area contributed by atoms with E-state index in [-0.39, 0.29) is 0 Å². The zero-order valence-corrected chi connectivity index (χ0v) is 23.3. The first-order chi connectivity index (χ1) is 20.7. The van der Waals surface area contributed by atoms with Crippen LogP contribution in [0.2, 0.25) is 0 Å². The first-order valence-corrected chi connectivity index (χ1v) is 14.0. The van der Waals surface area contributed by atoms with Crippen molar-refractivity contribution in [2.75, 3.05) is 19.8 Å². The van der Waals surface area contributed by atoms with Crippen LogP contribution in [-0.2, 0) is 33.2 Å². The topological polar surface area (TPSA) is 328 Å². The largest absolute Gasteiger partial charge is 0.394 e. The zero-order chi connectivity index (χ0) is 32.6. The number of hydrogen-bond donors (Lipinski definition) is 13. The zero-order valence-electron chi connectivity index (χ0n) is 23.3. The lowest BCUT2D eigenvalue weighted by atomic mass is 9.95. The Morgan fingerprint density at radius 3 is 1.45 bits per heavy atom. The van der Waals surface area contributed by atoms with Gasteiger partial charge in [0.2, 0.25) is 0 Å². The number of aliphatic hydroxyl groups excluding tert-OH is 13. The molecule has 20 atom stereocenters. The first kappa shape index (κ1) is 36.0. The summed E-state index contributed by atoms with van der Waals surface area (Å²) in [6.45, 7) is -1.20. The fourth-order valence-electron chi connectivity index (χ4n) is 5.47. The molecule has 4 aliphatic rings. The van der Waals surface area contributed by atoms with Gasteiger partial charge in [0, 0.05) is 0 Å². The molecule has 4 aliphatic heterocycles. The van der Waals surface area contributed by atoms with Gasteiger partial charge < -0.3 is 99.5 Å². The fraction of sp³-hybridized carbons (Fsp3) is 1.00. The van der Waals surface area contributed by atoms with Gasteiger partial charge in [-0.3, -0.25) is 0 Å². The number of ether oxygens (including phenoxy) is 7. The molecule has 0 aromatic carbocycles. The van der Waals surface area contributed by atoms with Crippen molar-refractivity contribution in [3.63, 3.8) is 0 Å². The summed E-state index contributed by atoms with van der Waals surface area (Å²) in [5.41, 5.74) is 0. The van der Waals surface area contributed by atoms with Crippen LogP contribution < -0.4 is 0 Å². The Kier molecular flexibility index (Phi) is 12.3.